The molecule has 0 aliphatic heterocycles. The van der Waals surface area contributed by atoms with Gasteiger partial charge in [0.05, 0.1) is 17.7 Å². The maximum absolute atomic E-state index is 13.5. The molecule has 132 valence electrons. The van der Waals surface area contributed by atoms with Crippen LogP contribution >= 0.6 is 0 Å². The Morgan fingerprint density at radius 1 is 1.30 bits per heavy atom. The van der Waals surface area contributed by atoms with Crippen LogP contribution in [-0.2, 0) is 4.43 Å². The van der Waals surface area contributed by atoms with Crippen LogP contribution in [0.1, 0.15) is 33.6 Å². The number of aromatic amines is 1. The number of alkyl halides is 3. The van der Waals surface area contributed by atoms with E-state index in [1.165, 1.54) is 6.20 Å². The smallest absolute Gasteiger partial charge is 0.397 e. The molecule has 4 nitrogen and oxygen atoms in total. The average molecular weight is 350 g/mol. The normalized spacial score (nSPS) is 19.5. The molecule has 23 heavy (non-hydrogen) atoms. The van der Waals surface area contributed by atoms with Crippen LogP contribution in [0.2, 0.25) is 18.1 Å². The van der Waals surface area contributed by atoms with Gasteiger partial charge in [0.1, 0.15) is 6.61 Å². The molecule has 1 unspecified atom stereocenters. The Kier molecular flexibility index (Phi) is 4.62. The molecule has 0 amide bonds. The topological polar surface area (TPSA) is 47.1 Å². The van der Waals surface area contributed by atoms with E-state index in [1.54, 1.807) is 6.07 Å². The predicted molar refractivity (Wildman–Crippen MR) is 83.9 cm³/mol. The molecule has 0 spiro atoms. The third-order valence-electron chi connectivity index (χ3n) is 5.08. The van der Waals surface area contributed by atoms with Gasteiger partial charge in [-0.25, -0.2) is 5.10 Å². The van der Waals surface area contributed by atoms with E-state index in [1.807, 2.05) is 33.9 Å². The number of hydrogen-bond donors (Lipinski definition) is 1. The molecule has 0 saturated heterocycles. The Morgan fingerprint density at radius 3 is 2.30 bits per heavy atom. The summed E-state index contributed by atoms with van der Waals surface area (Å²) in [6.45, 7) is 9.83. The fraction of sp³-hybridized carbons (Fsp3) is 0.800. The van der Waals surface area contributed by atoms with Gasteiger partial charge < -0.3 is 9.16 Å². The van der Waals surface area contributed by atoms with Gasteiger partial charge in [-0.3, -0.25) is 0 Å². The molecule has 1 N–H and O–H groups in total. The second kappa shape index (κ2) is 5.80. The summed E-state index contributed by atoms with van der Waals surface area (Å²) in [5, 5.41) is 6.17. The van der Waals surface area contributed by atoms with E-state index in [-0.39, 0.29) is 24.5 Å². The lowest BCUT2D eigenvalue weighted by Crippen LogP contribution is -2.51. The van der Waals surface area contributed by atoms with Gasteiger partial charge in [0.15, 0.2) is 8.32 Å². The Morgan fingerprint density at radius 2 is 1.91 bits per heavy atom. The first-order valence-corrected chi connectivity index (χ1v) is 10.7. The summed E-state index contributed by atoms with van der Waals surface area (Å²) < 4.78 is 52.2. The Labute approximate surface area is 135 Å². The summed E-state index contributed by atoms with van der Waals surface area (Å²) in [5.41, 5.74) is -1.78. The predicted octanol–water partition coefficient (Wildman–Crippen LogP) is 4.52. The van der Waals surface area contributed by atoms with Gasteiger partial charge in [-0.1, -0.05) is 20.8 Å². The van der Waals surface area contributed by atoms with Crippen LogP contribution < -0.4 is 4.74 Å². The molecule has 1 fully saturated rings. The average Bonchev–Trinajstić information content (AvgIpc) is 3.04. The summed E-state index contributed by atoms with van der Waals surface area (Å²) in [6, 6.07) is 1.58. The van der Waals surface area contributed by atoms with Crippen molar-refractivity contribution in [1.82, 2.24) is 10.2 Å². The zero-order valence-corrected chi connectivity index (χ0v) is 15.3. The number of halogens is 3. The fourth-order valence-corrected chi connectivity index (χ4v) is 3.61. The van der Waals surface area contributed by atoms with Crippen LogP contribution in [0.15, 0.2) is 12.3 Å². The number of nitrogens with zero attached hydrogens (tertiary/aromatic N) is 1. The maximum atomic E-state index is 13.5. The van der Waals surface area contributed by atoms with Crippen molar-refractivity contribution in [2.75, 3.05) is 6.61 Å². The van der Waals surface area contributed by atoms with E-state index >= 15 is 0 Å². The van der Waals surface area contributed by atoms with Crippen LogP contribution in [0.25, 0.3) is 0 Å². The van der Waals surface area contributed by atoms with E-state index in [2.05, 4.69) is 10.2 Å². The molecule has 0 aromatic carbocycles. The monoisotopic (exact) mass is 350 g/mol. The van der Waals surface area contributed by atoms with Crippen molar-refractivity contribution in [2.45, 2.75) is 64.0 Å². The number of rotatable bonds is 6. The molecule has 2 rings (SSSR count). The fourth-order valence-electron chi connectivity index (χ4n) is 2.25. The minimum absolute atomic E-state index is 0.0993. The molecule has 1 saturated carbocycles. The van der Waals surface area contributed by atoms with Crippen LogP contribution in [0.3, 0.4) is 0 Å². The van der Waals surface area contributed by atoms with Crippen LogP contribution in [0.4, 0.5) is 13.2 Å². The van der Waals surface area contributed by atoms with Crippen molar-refractivity contribution < 1.29 is 22.3 Å². The zero-order valence-electron chi connectivity index (χ0n) is 14.3. The lowest BCUT2D eigenvalue weighted by atomic mass is 9.99. The lowest BCUT2D eigenvalue weighted by Gasteiger charge is -2.41. The van der Waals surface area contributed by atoms with Gasteiger partial charge in [-0.05, 0) is 31.0 Å². The highest BCUT2D eigenvalue weighted by atomic mass is 28.4. The van der Waals surface area contributed by atoms with Gasteiger partial charge in [0.25, 0.3) is 0 Å². The van der Waals surface area contributed by atoms with Crippen molar-refractivity contribution in [3.8, 4) is 5.88 Å². The van der Waals surface area contributed by atoms with Crippen molar-refractivity contribution in [2.24, 2.45) is 5.41 Å². The number of nitrogens with one attached hydrogen (secondary N) is 1. The van der Waals surface area contributed by atoms with Crippen LogP contribution in [0.5, 0.6) is 5.88 Å². The minimum atomic E-state index is -4.28. The molecule has 1 aromatic heterocycles. The van der Waals surface area contributed by atoms with Crippen molar-refractivity contribution in [3.63, 3.8) is 0 Å². The second-order valence-electron chi connectivity index (χ2n) is 7.75. The summed E-state index contributed by atoms with van der Waals surface area (Å²) in [6.07, 6.45) is -3.58. The molecule has 1 aliphatic rings. The first-order valence-electron chi connectivity index (χ1n) is 7.76. The summed E-state index contributed by atoms with van der Waals surface area (Å²) in [4.78, 5) is 0. The quantitative estimate of drug-likeness (QED) is 0.767. The van der Waals surface area contributed by atoms with E-state index in [0.29, 0.717) is 5.88 Å². The van der Waals surface area contributed by atoms with Gasteiger partial charge in [-0.15, -0.1) is 0 Å². The highest BCUT2D eigenvalue weighted by Crippen LogP contribution is 2.61. The van der Waals surface area contributed by atoms with Gasteiger partial charge in [0.2, 0.25) is 5.88 Å². The van der Waals surface area contributed by atoms with Crippen LogP contribution in [-0.4, -0.2) is 37.4 Å². The maximum Gasteiger partial charge on any atom is 0.397 e. The molecule has 1 aliphatic carbocycles. The van der Waals surface area contributed by atoms with E-state index in [0.717, 1.165) is 0 Å². The summed E-state index contributed by atoms with van der Waals surface area (Å²) in [7, 11) is -2.34. The molecule has 1 aromatic rings. The molecule has 0 bridgehead atoms. The first-order chi connectivity index (χ1) is 10.4. The summed E-state index contributed by atoms with van der Waals surface area (Å²) in [5.74, 6) is 0.354. The second-order valence-corrected chi connectivity index (χ2v) is 12.5. The number of hydrogen-bond acceptors (Lipinski definition) is 3. The molecule has 1 atom stereocenters. The van der Waals surface area contributed by atoms with Crippen molar-refractivity contribution >= 4 is 8.32 Å². The van der Waals surface area contributed by atoms with Crippen molar-refractivity contribution in [1.29, 1.82) is 0 Å². The van der Waals surface area contributed by atoms with Gasteiger partial charge >= 0.3 is 6.18 Å². The highest BCUT2D eigenvalue weighted by Gasteiger charge is 2.68. The zero-order chi connectivity index (χ0) is 17.5. The third-order valence-corrected chi connectivity index (χ3v) is 9.56. The Bertz CT molecular complexity index is 520. The van der Waals surface area contributed by atoms with Gasteiger partial charge in [0, 0.05) is 6.07 Å². The number of H-pyrrole nitrogens is 1. The van der Waals surface area contributed by atoms with Crippen molar-refractivity contribution in [3.05, 3.63) is 12.3 Å². The molecule has 8 heteroatoms. The molecule has 1 heterocycles. The van der Waals surface area contributed by atoms with E-state index < -0.39 is 26.0 Å². The Hall–Kier alpha value is -1.02. The largest absolute Gasteiger partial charge is 0.475 e. The third kappa shape index (κ3) is 3.73. The molecular weight excluding hydrogens is 325 g/mol. The number of aromatic nitrogens is 2. The SMILES string of the molecule is CC(C)(C)[Si](C)(C)OC(COc1ccn[nH]1)C1(C(F)(F)F)CC1. The number of ether oxygens (including phenoxy) is 1. The first kappa shape index (κ1) is 18.3. The highest BCUT2D eigenvalue weighted by molar-refractivity contribution is 6.74. The van der Waals surface area contributed by atoms with E-state index in [9.17, 15) is 13.2 Å². The van der Waals surface area contributed by atoms with E-state index in [4.69, 9.17) is 9.16 Å². The lowest BCUT2D eigenvalue weighted by molar-refractivity contribution is -0.215. The molecule has 0 radical (unpaired) electrons. The Balaban J connectivity index is 2.18. The van der Waals surface area contributed by atoms with Crippen LogP contribution in [0, 0.1) is 5.41 Å². The standard InChI is InChI=1S/C15H25F3N2O2Si/c1-13(2,3)23(4,5)22-11(10-21-12-6-9-19-20-12)14(7-8-14)15(16,17)18/h6,9,11H,7-8,10H2,1-5H3,(H,19,20). The summed E-state index contributed by atoms with van der Waals surface area (Å²) >= 11 is 0. The van der Waals surface area contributed by atoms with Gasteiger partial charge in [-0.2, -0.15) is 18.3 Å². The minimum Gasteiger partial charge on any atom is -0.475 e. The molecular formula is C15H25F3N2O2Si.